The Morgan fingerprint density at radius 1 is 1.06 bits per heavy atom. The summed E-state index contributed by atoms with van der Waals surface area (Å²) in [6.45, 7) is 4.09. The Kier molecular flexibility index (Phi) is 7.44. The van der Waals surface area contributed by atoms with Gasteiger partial charge < -0.3 is 4.74 Å². The Labute approximate surface area is 204 Å². The lowest BCUT2D eigenvalue weighted by atomic mass is 10.1. The van der Waals surface area contributed by atoms with Gasteiger partial charge in [-0.25, -0.2) is 19.2 Å². The summed E-state index contributed by atoms with van der Waals surface area (Å²) in [6.07, 6.45) is 2.05. The van der Waals surface area contributed by atoms with Crippen LogP contribution in [0.4, 0.5) is 9.52 Å². The summed E-state index contributed by atoms with van der Waals surface area (Å²) >= 11 is 2.38. The predicted octanol–water partition coefficient (Wildman–Crippen LogP) is 5.78. The molecule has 0 atom stereocenters. The second-order valence-corrected chi connectivity index (χ2v) is 9.54. The van der Waals surface area contributed by atoms with E-state index in [-0.39, 0.29) is 18.2 Å². The first-order chi connectivity index (χ1) is 16.5. The Balaban J connectivity index is 1.66. The van der Waals surface area contributed by atoms with Crippen molar-refractivity contribution in [2.24, 2.45) is 0 Å². The third-order valence-electron chi connectivity index (χ3n) is 5.02. The molecule has 0 fully saturated rings. The molecule has 0 N–H and O–H groups in total. The van der Waals surface area contributed by atoms with Gasteiger partial charge in [-0.15, -0.1) is 22.7 Å². The molecule has 0 saturated carbocycles. The van der Waals surface area contributed by atoms with Crippen LogP contribution in [0.25, 0.3) is 10.6 Å². The topological polar surface area (TPSA) is 72.4 Å². The SMILES string of the molecule is CCOC(=O)c1nc(N(CCc2ccccc2)C(=O)c2cnc(-c3ccccc3F)s2)sc1C. The van der Waals surface area contributed by atoms with Gasteiger partial charge in [0.2, 0.25) is 0 Å². The lowest BCUT2D eigenvalue weighted by Crippen LogP contribution is -2.32. The van der Waals surface area contributed by atoms with Crippen LogP contribution in [0.1, 0.15) is 37.5 Å². The zero-order valence-corrected chi connectivity index (χ0v) is 20.3. The number of hydrogen-bond acceptors (Lipinski definition) is 7. The lowest BCUT2D eigenvalue weighted by Gasteiger charge is -2.19. The van der Waals surface area contributed by atoms with E-state index in [4.69, 9.17) is 4.74 Å². The molecule has 2 heterocycles. The smallest absolute Gasteiger partial charge is 0.358 e. The number of esters is 1. The molecule has 0 radical (unpaired) electrons. The number of amides is 1. The fourth-order valence-electron chi connectivity index (χ4n) is 3.32. The number of rotatable bonds is 8. The summed E-state index contributed by atoms with van der Waals surface area (Å²) in [5.74, 6) is -1.22. The molecule has 1 amide bonds. The number of benzene rings is 2. The van der Waals surface area contributed by atoms with E-state index in [0.29, 0.717) is 38.4 Å². The summed E-state index contributed by atoms with van der Waals surface area (Å²) in [7, 11) is 0. The molecule has 0 aliphatic heterocycles. The Hall–Kier alpha value is -3.43. The number of aryl methyl sites for hydroxylation is 1. The summed E-state index contributed by atoms with van der Waals surface area (Å²) in [5, 5.41) is 0.828. The van der Waals surface area contributed by atoms with Gasteiger partial charge in [-0.2, -0.15) is 0 Å². The number of carbonyl (C=O) groups excluding carboxylic acids is 2. The van der Waals surface area contributed by atoms with Crippen LogP contribution in [-0.4, -0.2) is 35.0 Å². The number of carbonyl (C=O) groups is 2. The molecule has 2 aromatic carbocycles. The first-order valence-corrected chi connectivity index (χ1v) is 12.3. The van der Waals surface area contributed by atoms with Gasteiger partial charge in [0.1, 0.15) is 15.7 Å². The predicted molar refractivity (Wildman–Crippen MR) is 132 cm³/mol. The molecule has 4 rings (SSSR count). The number of aromatic nitrogens is 2. The Morgan fingerprint density at radius 3 is 2.53 bits per heavy atom. The molecule has 0 aliphatic rings. The van der Waals surface area contributed by atoms with Crippen LogP contribution in [0.5, 0.6) is 0 Å². The van der Waals surface area contributed by atoms with Gasteiger partial charge in [0.05, 0.1) is 12.8 Å². The van der Waals surface area contributed by atoms with E-state index < -0.39 is 11.8 Å². The van der Waals surface area contributed by atoms with Gasteiger partial charge in [-0.1, -0.05) is 42.5 Å². The van der Waals surface area contributed by atoms with Crippen molar-refractivity contribution in [3.63, 3.8) is 0 Å². The molecule has 0 saturated heterocycles. The van der Waals surface area contributed by atoms with Crippen molar-refractivity contribution >= 4 is 39.7 Å². The van der Waals surface area contributed by atoms with Crippen molar-refractivity contribution in [3.05, 3.63) is 87.6 Å². The van der Waals surface area contributed by atoms with Crippen molar-refractivity contribution in [1.29, 1.82) is 0 Å². The molecule has 0 spiro atoms. The number of thiazole rings is 2. The van der Waals surface area contributed by atoms with Crippen LogP contribution in [0, 0.1) is 12.7 Å². The maximum atomic E-state index is 14.2. The molecule has 34 heavy (non-hydrogen) atoms. The molecule has 4 aromatic rings. The maximum Gasteiger partial charge on any atom is 0.358 e. The molecular weight excluding hydrogens is 473 g/mol. The van der Waals surface area contributed by atoms with E-state index in [2.05, 4.69) is 9.97 Å². The molecule has 0 aliphatic carbocycles. The normalized spacial score (nSPS) is 10.8. The van der Waals surface area contributed by atoms with E-state index in [1.54, 1.807) is 36.9 Å². The van der Waals surface area contributed by atoms with Gasteiger partial charge in [-0.3, -0.25) is 9.69 Å². The van der Waals surface area contributed by atoms with Gasteiger partial charge >= 0.3 is 5.97 Å². The van der Waals surface area contributed by atoms with E-state index in [0.717, 1.165) is 16.9 Å². The van der Waals surface area contributed by atoms with Crippen LogP contribution < -0.4 is 4.90 Å². The second kappa shape index (κ2) is 10.7. The van der Waals surface area contributed by atoms with Gasteiger partial charge in [-0.05, 0) is 38.0 Å². The zero-order chi connectivity index (χ0) is 24.1. The largest absolute Gasteiger partial charge is 0.461 e. The average Bonchev–Trinajstić information content (AvgIpc) is 3.47. The lowest BCUT2D eigenvalue weighted by molar-refractivity contribution is 0.0519. The monoisotopic (exact) mass is 495 g/mol. The van der Waals surface area contributed by atoms with Crippen LogP contribution >= 0.6 is 22.7 Å². The van der Waals surface area contributed by atoms with Crippen LogP contribution in [0.2, 0.25) is 0 Å². The highest BCUT2D eigenvalue weighted by Gasteiger charge is 2.26. The third kappa shape index (κ3) is 5.21. The van der Waals surface area contributed by atoms with Crippen LogP contribution in [-0.2, 0) is 11.2 Å². The average molecular weight is 496 g/mol. The molecule has 0 unspecified atom stereocenters. The maximum absolute atomic E-state index is 14.2. The fraction of sp³-hybridized carbons (Fsp3) is 0.200. The number of hydrogen-bond donors (Lipinski definition) is 0. The minimum Gasteiger partial charge on any atom is -0.461 e. The van der Waals surface area contributed by atoms with Gasteiger partial charge in [0.25, 0.3) is 5.91 Å². The first-order valence-electron chi connectivity index (χ1n) is 10.7. The standard InChI is InChI=1S/C25H22FN3O3S2/c1-3-32-24(31)21-16(2)33-25(28-21)29(14-13-17-9-5-4-6-10-17)23(30)20-15-27-22(34-20)18-11-7-8-12-19(18)26/h4-12,15H,3,13-14H2,1-2H3. The second-order valence-electron chi connectivity index (χ2n) is 7.32. The van der Waals surface area contributed by atoms with Crippen molar-refractivity contribution < 1.29 is 18.7 Å². The van der Waals surface area contributed by atoms with Crippen molar-refractivity contribution in [3.8, 4) is 10.6 Å². The number of ether oxygens (including phenoxy) is 1. The molecule has 6 nitrogen and oxygen atoms in total. The summed E-state index contributed by atoms with van der Waals surface area (Å²) < 4.78 is 19.3. The van der Waals surface area contributed by atoms with E-state index in [1.165, 1.54) is 23.6 Å². The third-order valence-corrected chi connectivity index (χ3v) is 7.03. The summed E-state index contributed by atoms with van der Waals surface area (Å²) in [5.41, 5.74) is 1.61. The van der Waals surface area contributed by atoms with Crippen molar-refractivity contribution in [1.82, 2.24) is 9.97 Å². The minimum absolute atomic E-state index is 0.204. The van der Waals surface area contributed by atoms with Crippen LogP contribution in [0.15, 0.2) is 60.8 Å². The summed E-state index contributed by atoms with van der Waals surface area (Å²) in [4.78, 5) is 37.1. The molecule has 2 aromatic heterocycles. The highest BCUT2D eigenvalue weighted by atomic mass is 32.1. The fourth-order valence-corrected chi connectivity index (χ4v) is 5.13. The van der Waals surface area contributed by atoms with Gasteiger partial charge in [0, 0.05) is 17.0 Å². The van der Waals surface area contributed by atoms with E-state index in [9.17, 15) is 14.0 Å². The van der Waals surface area contributed by atoms with Gasteiger partial charge in [0.15, 0.2) is 10.8 Å². The highest BCUT2D eigenvalue weighted by Crippen LogP contribution is 2.31. The quantitative estimate of drug-likeness (QED) is 0.290. The minimum atomic E-state index is -0.516. The Bertz CT molecular complexity index is 1300. The molecular formula is C25H22FN3O3S2. The first kappa shape index (κ1) is 23.7. The molecule has 9 heteroatoms. The van der Waals surface area contributed by atoms with Crippen molar-refractivity contribution in [2.45, 2.75) is 20.3 Å². The van der Waals surface area contributed by atoms with E-state index in [1.807, 2.05) is 30.3 Å². The molecule has 174 valence electrons. The van der Waals surface area contributed by atoms with Crippen molar-refractivity contribution in [2.75, 3.05) is 18.1 Å². The molecule has 0 bridgehead atoms. The van der Waals surface area contributed by atoms with Crippen LogP contribution in [0.3, 0.4) is 0 Å². The Morgan fingerprint density at radius 2 is 1.79 bits per heavy atom. The number of nitrogens with zero attached hydrogens (tertiary/aromatic N) is 3. The number of halogens is 1. The van der Waals surface area contributed by atoms with E-state index >= 15 is 0 Å². The summed E-state index contributed by atoms with van der Waals surface area (Å²) in [6, 6.07) is 16.1. The zero-order valence-electron chi connectivity index (χ0n) is 18.7. The highest BCUT2D eigenvalue weighted by molar-refractivity contribution is 7.17. The number of anilines is 1.